The number of nitrogens with one attached hydrogen (secondary N) is 2. The highest BCUT2D eigenvalue weighted by Gasteiger charge is 2.10. The summed E-state index contributed by atoms with van der Waals surface area (Å²) in [6, 6.07) is -0.276. The van der Waals surface area contributed by atoms with Gasteiger partial charge in [0.2, 0.25) is 5.91 Å². The van der Waals surface area contributed by atoms with Gasteiger partial charge < -0.3 is 15.4 Å². The third-order valence-electron chi connectivity index (χ3n) is 2.35. The predicted molar refractivity (Wildman–Crippen MR) is 66.5 cm³/mol. The van der Waals surface area contributed by atoms with E-state index >= 15 is 0 Å². The molecule has 0 aliphatic rings. The van der Waals surface area contributed by atoms with Gasteiger partial charge in [0.05, 0.1) is 13.2 Å². The van der Waals surface area contributed by atoms with Crippen molar-refractivity contribution in [2.24, 2.45) is 0 Å². The minimum Gasteiger partial charge on any atom is -0.466 e. The first-order chi connectivity index (χ1) is 8.06. The van der Waals surface area contributed by atoms with Crippen molar-refractivity contribution in [3.8, 4) is 0 Å². The van der Waals surface area contributed by atoms with Crippen LogP contribution >= 0.6 is 0 Å². The zero-order valence-corrected chi connectivity index (χ0v) is 11.0. The molecule has 0 radical (unpaired) electrons. The second-order valence-corrected chi connectivity index (χ2v) is 3.60. The number of amides is 1. The van der Waals surface area contributed by atoms with Gasteiger partial charge in [-0.3, -0.25) is 4.79 Å². The maximum atomic E-state index is 11.4. The largest absolute Gasteiger partial charge is 0.466 e. The van der Waals surface area contributed by atoms with Gasteiger partial charge in [0, 0.05) is 18.7 Å². The van der Waals surface area contributed by atoms with Crippen LogP contribution in [0.3, 0.4) is 0 Å². The monoisotopic (exact) mass is 242 g/mol. The van der Waals surface area contributed by atoms with Gasteiger partial charge in [-0.2, -0.15) is 0 Å². The summed E-state index contributed by atoms with van der Waals surface area (Å²) >= 11 is 0. The van der Waals surface area contributed by atoms with Crippen LogP contribution in [0, 0.1) is 0 Å². The van der Waals surface area contributed by atoms with Crippen molar-refractivity contribution < 1.29 is 14.3 Å². The third kappa shape index (κ3) is 6.06. The van der Waals surface area contributed by atoms with Gasteiger partial charge in [-0.25, -0.2) is 4.79 Å². The molecule has 0 saturated heterocycles. The molecule has 1 unspecified atom stereocenters. The molecule has 0 aliphatic heterocycles. The molecule has 98 valence electrons. The van der Waals surface area contributed by atoms with Gasteiger partial charge in [-0.15, -0.1) is 0 Å². The lowest BCUT2D eigenvalue weighted by Crippen LogP contribution is -2.42. The summed E-state index contributed by atoms with van der Waals surface area (Å²) in [5.41, 5.74) is 0.614. The Labute approximate surface area is 103 Å². The molecule has 0 heterocycles. The fraction of sp³-hybridized carbons (Fsp3) is 0.667. The van der Waals surface area contributed by atoms with E-state index in [2.05, 4.69) is 15.4 Å². The van der Waals surface area contributed by atoms with Crippen molar-refractivity contribution >= 4 is 11.9 Å². The van der Waals surface area contributed by atoms with E-state index in [1.807, 2.05) is 13.8 Å². The second-order valence-electron chi connectivity index (χ2n) is 3.60. The minimum absolute atomic E-state index is 0.0444. The SMILES string of the molecule is CCNC(=O)C(C)NC/C=C(/CC)C(=O)OC. The van der Waals surface area contributed by atoms with Crippen molar-refractivity contribution in [2.45, 2.75) is 33.2 Å². The van der Waals surface area contributed by atoms with Gasteiger partial charge in [0.15, 0.2) is 0 Å². The van der Waals surface area contributed by atoms with Gasteiger partial charge in [-0.1, -0.05) is 13.0 Å². The zero-order valence-electron chi connectivity index (χ0n) is 11.0. The van der Waals surface area contributed by atoms with Crippen LogP contribution in [0.1, 0.15) is 27.2 Å². The van der Waals surface area contributed by atoms with Crippen LogP contribution in [0.25, 0.3) is 0 Å². The van der Waals surface area contributed by atoms with Crippen LogP contribution in [-0.4, -0.2) is 38.1 Å². The number of ether oxygens (including phenoxy) is 1. The number of hydrogen-bond donors (Lipinski definition) is 2. The highest BCUT2D eigenvalue weighted by molar-refractivity contribution is 5.88. The van der Waals surface area contributed by atoms with Gasteiger partial charge in [-0.05, 0) is 20.3 Å². The fourth-order valence-electron chi connectivity index (χ4n) is 1.28. The van der Waals surface area contributed by atoms with E-state index in [9.17, 15) is 9.59 Å². The lowest BCUT2D eigenvalue weighted by atomic mass is 10.2. The highest BCUT2D eigenvalue weighted by Crippen LogP contribution is 2.01. The van der Waals surface area contributed by atoms with Crippen molar-refractivity contribution in [1.82, 2.24) is 10.6 Å². The lowest BCUT2D eigenvalue weighted by molar-refractivity contribution is -0.136. The third-order valence-corrected chi connectivity index (χ3v) is 2.35. The summed E-state index contributed by atoms with van der Waals surface area (Å²) in [4.78, 5) is 22.6. The van der Waals surface area contributed by atoms with Gasteiger partial charge in [0.1, 0.15) is 0 Å². The molecule has 1 atom stereocenters. The normalized spacial score (nSPS) is 13.1. The minimum atomic E-state index is -0.319. The molecular formula is C12H22N2O3. The van der Waals surface area contributed by atoms with Gasteiger partial charge in [0.25, 0.3) is 0 Å². The topological polar surface area (TPSA) is 67.4 Å². The van der Waals surface area contributed by atoms with Crippen LogP contribution in [0.4, 0.5) is 0 Å². The molecule has 0 rings (SSSR count). The molecule has 5 heteroatoms. The molecule has 0 aromatic rings. The number of carbonyl (C=O) groups is 2. The van der Waals surface area contributed by atoms with Crippen molar-refractivity contribution in [3.05, 3.63) is 11.6 Å². The quantitative estimate of drug-likeness (QED) is 0.507. The molecule has 0 aromatic carbocycles. The van der Waals surface area contributed by atoms with Crippen LogP contribution in [0.5, 0.6) is 0 Å². The standard InChI is InChI=1S/C12H22N2O3/c1-5-10(12(16)17-4)7-8-14-9(3)11(15)13-6-2/h7,9,14H,5-6,8H2,1-4H3,(H,13,15)/b10-7-. The Hall–Kier alpha value is -1.36. The van der Waals surface area contributed by atoms with E-state index in [1.54, 1.807) is 13.0 Å². The van der Waals surface area contributed by atoms with Crippen LogP contribution < -0.4 is 10.6 Å². The molecule has 5 nitrogen and oxygen atoms in total. The van der Waals surface area contributed by atoms with E-state index in [-0.39, 0.29) is 17.9 Å². The summed E-state index contributed by atoms with van der Waals surface area (Å²) in [5, 5.41) is 5.73. The fourth-order valence-corrected chi connectivity index (χ4v) is 1.28. The van der Waals surface area contributed by atoms with E-state index in [1.165, 1.54) is 7.11 Å². The summed E-state index contributed by atoms with van der Waals surface area (Å²) in [5.74, 6) is -0.364. The molecule has 0 aliphatic carbocycles. The number of rotatable bonds is 7. The molecule has 0 fully saturated rings. The van der Waals surface area contributed by atoms with E-state index in [4.69, 9.17) is 0 Å². The maximum Gasteiger partial charge on any atom is 0.333 e. The Morgan fingerprint density at radius 3 is 2.47 bits per heavy atom. The van der Waals surface area contributed by atoms with E-state index in [0.717, 1.165) is 0 Å². The number of carbonyl (C=O) groups excluding carboxylic acids is 2. The van der Waals surface area contributed by atoms with Crippen molar-refractivity contribution in [1.29, 1.82) is 0 Å². The molecule has 0 spiro atoms. The molecule has 0 saturated carbocycles. The Balaban J connectivity index is 4.14. The van der Waals surface area contributed by atoms with Crippen molar-refractivity contribution in [2.75, 3.05) is 20.2 Å². The van der Waals surface area contributed by atoms with E-state index < -0.39 is 0 Å². The Morgan fingerprint density at radius 1 is 1.35 bits per heavy atom. The number of hydrogen-bond acceptors (Lipinski definition) is 4. The summed E-state index contributed by atoms with van der Waals surface area (Å²) in [6.07, 6.45) is 2.37. The Kier molecular flexibility index (Phi) is 8.05. The van der Waals surface area contributed by atoms with Crippen LogP contribution in [-0.2, 0) is 14.3 Å². The Bertz CT molecular complexity index is 287. The smallest absolute Gasteiger partial charge is 0.333 e. The predicted octanol–water partition coefficient (Wildman–Crippen LogP) is 0.610. The lowest BCUT2D eigenvalue weighted by Gasteiger charge is -2.12. The average Bonchev–Trinajstić information content (AvgIpc) is 2.33. The average molecular weight is 242 g/mol. The van der Waals surface area contributed by atoms with Crippen molar-refractivity contribution in [3.63, 3.8) is 0 Å². The van der Waals surface area contributed by atoms with Crippen LogP contribution in [0.2, 0.25) is 0 Å². The first-order valence-electron chi connectivity index (χ1n) is 5.85. The van der Waals surface area contributed by atoms with Gasteiger partial charge >= 0.3 is 5.97 Å². The summed E-state index contributed by atoms with van der Waals surface area (Å²) in [7, 11) is 1.36. The maximum absolute atomic E-state index is 11.4. The molecule has 0 aromatic heterocycles. The molecular weight excluding hydrogens is 220 g/mol. The molecule has 0 bridgehead atoms. The molecule has 1 amide bonds. The number of likely N-dealkylation sites (N-methyl/N-ethyl adjacent to an activating group) is 1. The molecule has 2 N–H and O–H groups in total. The number of esters is 1. The Morgan fingerprint density at radius 2 is 2.00 bits per heavy atom. The number of methoxy groups -OCH3 is 1. The highest BCUT2D eigenvalue weighted by atomic mass is 16.5. The first kappa shape index (κ1) is 15.6. The zero-order chi connectivity index (χ0) is 13.3. The first-order valence-corrected chi connectivity index (χ1v) is 5.85. The second kappa shape index (κ2) is 8.75. The van der Waals surface area contributed by atoms with Crippen LogP contribution in [0.15, 0.2) is 11.6 Å². The molecule has 17 heavy (non-hydrogen) atoms. The summed E-state index contributed by atoms with van der Waals surface area (Å²) in [6.45, 7) is 6.62. The van der Waals surface area contributed by atoms with E-state index in [0.29, 0.717) is 25.1 Å². The summed E-state index contributed by atoms with van der Waals surface area (Å²) < 4.78 is 4.63.